The van der Waals surface area contributed by atoms with Crippen LogP contribution in [0.3, 0.4) is 0 Å². The summed E-state index contributed by atoms with van der Waals surface area (Å²) in [5.74, 6) is -0.0102. The number of fused-ring (bicyclic) bond motifs is 1. The van der Waals surface area contributed by atoms with E-state index in [0.717, 1.165) is 26.1 Å². The number of rotatable bonds is 3. The molecule has 3 rings (SSSR count). The van der Waals surface area contributed by atoms with Gasteiger partial charge in [0, 0.05) is 37.8 Å². The van der Waals surface area contributed by atoms with Gasteiger partial charge in [0.05, 0.1) is 6.17 Å². The molecule has 1 N–H and O–H groups in total. The number of carbonyl (C=O) groups excluding carboxylic acids is 1. The van der Waals surface area contributed by atoms with Crippen molar-refractivity contribution in [3.05, 3.63) is 29.8 Å². The van der Waals surface area contributed by atoms with Crippen molar-refractivity contribution in [2.75, 3.05) is 26.2 Å². The fraction of sp³-hybridized carbons (Fsp3) is 0.562. The average Bonchev–Trinajstić information content (AvgIpc) is 2.54. The standard InChI is InChI=1S/C16H21F2N3O2/c1-11-9-19-10-14-20(11)7-2-8-21(14)15(22)12-3-5-13(6-4-12)23-16(17)18/h3-6,11,14,16,19H,2,7-10H2,1H3. The third-order valence-electron chi connectivity index (χ3n) is 4.48. The van der Waals surface area contributed by atoms with Gasteiger partial charge in [-0.3, -0.25) is 9.69 Å². The minimum atomic E-state index is -2.86. The van der Waals surface area contributed by atoms with Crippen LogP contribution in [-0.2, 0) is 0 Å². The molecule has 23 heavy (non-hydrogen) atoms. The first-order chi connectivity index (χ1) is 11.1. The molecule has 2 atom stereocenters. The molecule has 0 aliphatic carbocycles. The number of ether oxygens (including phenoxy) is 1. The van der Waals surface area contributed by atoms with Crippen LogP contribution in [0.15, 0.2) is 24.3 Å². The highest BCUT2D eigenvalue weighted by Gasteiger charge is 2.37. The van der Waals surface area contributed by atoms with Crippen LogP contribution in [0.1, 0.15) is 23.7 Å². The molecular weight excluding hydrogens is 304 g/mol. The Balaban J connectivity index is 1.73. The van der Waals surface area contributed by atoms with Gasteiger partial charge in [0.2, 0.25) is 0 Å². The molecule has 2 aliphatic rings. The summed E-state index contributed by atoms with van der Waals surface area (Å²) in [4.78, 5) is 17.0. The van der Waals surface area contributed by atoms with E-state index in [4.69, 9.17) is 0 Å². The molecule has 0 aromatic heterocycles. The summed E-state index contributed by atoms with van der Waals surface area (Å²) in [6.45, 7) is 2.69. The number of carbonyl (C=O) groups is 1. The van der Waals surface area contributed by atoms with E-state index in [1.807, 2.05) is 4.90 Å². The van der Waals surface area contributed by atoms with E-state index in [2.05, 4.69) is 21.9 Å². The zero-order valence-electron chi connectivity index (χ0n) is 13.0. The molecule has 1 aromatic rings. The lowest BCUT2D eigenvalue weighted by atomic mass is 10.1. The van der Waals surface area contributed by atoms with Gasteiger partial charge >= 0.3 is 6.61 Å². The van der Waals surface area contributed by atoms with Gasteiger partial charge in [0.1, 0.15) is 5.75 Å². The van der Waals surface area contributed by atoms with Crippen molar-refractivity contribution in [1.29, 1.82) is 0 Å². The molecular formula is C16H21F2N3O2. The highest BCUT2D eigenvalue weighted by atomic mass is 19.3. The summed E-state index contributed by atoms with van der Waals surface area (Å²) < 4.78 is 28.7. The lowest BCUT2D eigenvalue weighted by Crippen LogP contribution is -2.66. The van der Waals surface area contributed by atoms with E-state index >= 15 is 0 Å². The van der Waals surface area contributed by atoms with Crippen molar-refractivity contribution < 1.29 is 18.3 Å². The van der Waals surface area contributed by atoms with Crippen LogP contribution < -0.4 is 10.1 Å². The second-order valence-electron chi connectivity index (χ2n) is 5.98. The number of alkyl halides is 2. The second-order valence-corrected chi connectivity index (χ2v) is 5.98. The van der Waals surface area contributed by atoms with Crippen LogP contribution in [0, 0.1) is 0 Å². The number of nitrogens with one attached hydrogen (secondary N) is 1. The van der Waals surface area contributed by atoms with E-state index in [1.165, 1.54) is 12.1 Å². The van der Waals surface area contributed by atoms with Crippen molar-refractivity contribution in [2.24, 2.45) is 0 Å². The number of benzene rings is 1. The number of hydrogen-bond acceptors (Lipinski definition) is 4. The van der Waals surface area contributed by atoms with Gasteiger partial charge in [-0.05, 0) is 37.6 Å². The maximum Gasteiger partial charge on any atom is 0.387 e. The highest BCUT2D eigenvalue weighted by molar-refractivity contribution is 5.94. The molecule has 7 heteroatoms. The highest BCUT2D eigenvalue weighted by Crippen LogP contribution is 2.23. The van der Waals surface area contributed by atoms with Gasteiger partial charge in [-0.25, -0.2) is 0 Å². The van der Waals surface area contributed by atoms with Crippen LogP contribution >= 0.6 is 0 Å². The van der Waals surface area contributed by atoms with Crippen molar-refractivity contribution in [2.45, 2.75) is 32.2 Å². The van der Waals surface area contributed by atoms with Crippen LogP contribution in [-0.4, -0.2) is 60.7 Å². The number of halogens is 2. The van der Waals surface area contributed by atoms with Gasteiger partial charge in [0.25, 0.3) is 5.91 Å². The first kappa shape index (κ1) is 16.1. The van der Waals surface area contributed by atoms with E-state index in [-0.39, 0.29) is 17.8 Å². The van der Waals surface area contributed by atoms with Gasteiger partial charge in [-0.15, -0.1) is 0 Å². The van der Waals surface area contributed by atoms with Crippen molar-refractivity contribution in [3.8, 4) is 5.75 Å². The third kappa shape index (κ3) is 3.45. The lowest BCUT2D eigenvalue weighted by Gasteiger charge is -2.49. The summed E-state index contributed by atoms with van der Waals surface area (Å²) in [6, 6.07) is 6.29. The van der Waals surface area contributed by atoms with Crippen molar-refractivity contribution >= 4 is 5.91 Å². The molecule has 1 aromatic carbocycles. The van der Waals surface area contributed by atoms with Crippen LogP contribution in [0.25, 0.3) is 0 Å². The van der Waals surface area contributed by atoms with E-state index in [0.29, 0.717) is 18.2 Å². The molecule has 2 fully saturated rings. The SMILES string of the molecule is CC1CNCC2N(C(=O)c3ccc(OC(F)F)cc3)CCCN12. The first-order valence-electron chi connectivity index (χ1n) is 7.88. The van der Waals surface area contributed by atoms with Gasteiger partial charge in [-0.2, -0.15) is 8.78 Å². The summed E-state index contributed by atoms with van der Waals surface area (Å²) in [6.07, 6.45) is 0.996. The molecule has 1 amide bonds. The topological polar surface area (TPSA) is 44.8 Å². The molecule has 2 unspecified atom stereocenters. The molecule has 5 nitrogen and oxygen atoms in total. The second kappa shape index (κ2) is 6.80. The number of hydrogen-bond donors (Lipinski definition) is 1. The smallest absolute Gasteiger partial charge is 0.387 e. The Kier molecular flexibility index (Phi) is 4.77. The summed E-state index contributed by atoms with van der Waals surface area (Å²) in [5.41, 5.74) is 0.492. The zero-order valence-corrected chi connectivity index (χ0v) is 13.0. The minimum Gasteiger partial charge on any atom is -0.435 e. The van der Waals surface area contributed by atoms with E-state index < -0.39 is 6.61 Å². The van der Waals surface area contributed by atoms with E-state index in [9.17, 15) is 13.6 Å². The van der Waals surface area contributed by atoms with E-state index in [1.54, 1.807) is 12.1 Å². The van der Waals surface area contributed by atoms with Crippen LogP contribution in [0.2, 0.25) is 0 Å². The Bertz CT molecular complexity index is 553. The summed E-state index contributed by atoms with van der Waals surface area (Å²) >= 11 is 0. The number of piperazine rings is 1. The summed E-state index contributed by atoms with van der Waals surface area (Å²) in [5, 5.41) is 3.36. The fourth-order valence-corrected chi connectivity index (χ4v) is 3.36. The van der Waals surface area contributed by atoms with Gasteiger partial charge < -0.3 is 15.0 Å². The monoisotopic (exact) mass is 325 g/mol. The molecule has 2 saturated heterocycles. The molecule has 0 radical (unpaired) electrons. The largest absolute Gasteiger partial charge is 0.435 e. The number of nitrogens with zero attached hydrogens (tertiary/aromatic N) is 2. The lowest BCUT2D eigenvalue weighted by molar-refractivity contribution is -0.0498. The number of amides is 1. The normalized spacial score (nSPS) is 25.3. The quantitative estimate of drug-likeness (QED) is 0.920. The Morgan fingerprint density at radius 2 is 2.00 bits per heavy atom. The Morgan fingerprint density at radius 1 is 1.26 bits per heavy atom. The minimum absolute atomic E-state index is 0.0528. The molecule has 0 saturated carbocycles. The van der Waals surface area contributed by atoms with Crippen molar-refractivity contribution in [3.63, 3.8) is 0 Å². The molecule has 126 valence electrons. The predicted octanol–water partition coefficient (Wildman–Crippen LogP) is 1.75. The van der Waals surface area contributed by atoms with Crippen LogP contribution in [0.4, 0.5) is 8.78 Å². The van der Waals surface area contributed by atoms with Gasteiger partial charge in [0.15, 0.2) is 0 Å². The molecule has 0 bridgehead atoms. The Labute approximate surface area is 134 Å². The maximum absolute atomic E-state index is 12.8. The fourth-order valence-electron chi connectivity index (χ4n) is 3.36. The van der Waals surface area contributed by atoms with Crippen LogP contribution in [0.5, 0.6) is 5.75 Å². The Morgan fingerprint density at radius 3 is 2.70 bits per heavy atom. The predicted molar refractivity (Wildman–Crippen MR) is 81.6 cm³/mol. The van der Waals surface area contributed by atoms with Crippen molar-refractivity contribution in [1.82, 2.24) is 15.1 Å². The maximum atomic E-state index is 12.8. The summed E-state index contributed by atoms with van der Waals surface area (Å²) in [7, 11) is 0. The molecule has 0 spiro atoms. The average molecular weight is 325 g/mol. The first-order valence-corrected chi connectivity index (χ1v) is 7.88. The molecule has 2 heterocycles. The third-order valence-corrected chi connectivity index (χ3v) is 4.48. The molecule has 2 aliphatic heterocycles. The zero-order chi connectivity index (χ0) is 16.4. The van der Waals surface area contributed by atoms with Gasteiger partial charge in [-0.1, -0.05) is 0 Å². The Hall–Kier alpha value is -1.73.